The molecule has 0 bridgehead atoms. The van der Waals surface area contributed by atoms with Crippen molar-refractivity contribution in [3.8, 4) is 0 Å². The van der Waals surface area contributed by atoms with E-state index in [4.69, 9.17) is 10.2 Å². The summed E-state index contributed by atoms with van der Waals surface area (Å²) in [5, 5.41) is 16.0. The Morgan fingerprint density at radius 3 is 1.56 bits per heavy atom. The van der Waals surface area contributed by atoms with Gasteiger partial charge in [-0.25, -0.2) is 0 Å². The molecule has 0 saturated heterocycles. The van der Waals surface area contributed by atoms with Gasteiger partial charge in [0.1, 0.15) is 0 Å². The fourth-order valence-electron chi connectivity index (χ4n) is 0. The second kappa shape index (κ2) is 10.6. The van der Waals surface area contributed by atoms with Crippen molar-refractivity contribution >= 4 is 0 Å². The van der Waals surface area contributed by atoms with Crippen molar-refractivity contribution in [1.29, 1.82) is 0 Å². The largest absolute Gasteiger partial charge is 0.394 e. The van der Waals surface area contributed by atoms with Crippen LogP contribution in [0.2, 0.25) is 0 Å². The molecular weight excluding hydrogens is 116 g/mol. The SMILES string of the molecule is CC(O)CO.CC=CC. The van der Waals surface area contributed by atoms with Crippen LogP contribution in [0.3, 0.4) is 0 Å². The second-order valence-electron chi connectivity index (χ2n) is 1.70. The highest BCUT2D eigenvalue weighted by Crippen LogP contribution is 1.68. The minimum absolute atomic E-state index is 0.139. The number of rotatable bonds is 1. The van der Waals surface area contributed by atoms with Gasteiger partial charge in [-0.15, -0.1) is 0 Å². The number of aliphatic hydroxyl groups is 2. The monoisotopic (exact) mass is 132 g/mol. The maximum atomic E-state index is 8.11. The molecule has 0 fully saturated rings. The molecule has 0 aliphatic rings. The molecule has 0 rings (SSSR count). The highest BCUT2D eigenvalue weighted by molar-refractivity contribution is 4.68. The van der Waals surface area contributed by atoms with E-state index in [9.17, 15) is 0 Å². The zero-order valence-corrected chi connectivity index (χ0v) is 6.33. The second-order valence-corrected chi connectivity index (χ2v) is 1.70. The van der Waals surface area contributed by atoms with E-state index in [-0.39, 0.29) is 6.61 Å². The van der Waals surface area contributed by atoms with Crippen molar-refractivity contribution in [2.24, 2.45) is 0 Å². The van der Waals surface area contributed by atoms with Gasteiger partial charge in [0.15, 0.2) is 0 Å². The van der Waals surface area contributed by atoms with Crippen molar-refractivity contribution in [2.75, 3.05) is 6.61 Å². The summed E-state index contributed by atoms with van der Waals surface area (Å²) in [6.07, 6.45) is 3.44. The number of allylic oxidation sites excluding steroid dienone is 2. The lowest BCUT2D eigenvalue weighted by atomic mass is 10.5. The molecule has 0 spiro atoms. The van der Waals surface area contributed by atoms with Gasteiger partial charge in [-0.05, 0) is 20.8 Å². The van der Waals surface area contributed by atoms with E-state index in [1.165, 1.54) is 6.92 Å². The quantitative estimate of drug-likeness (QED) is 0.521. The van der Waals surface area contributed by atoms with Crippen LogP contribution >= 0.6 is 0 Å². The Bertz CT molecular complexity index is 53.9. The summed E-state index contributed by atoms with van der Waals surface area (Å²) in [7, 11) is 0. The highest BCUT2D eigenvalue weighted by Gasteiger charge is 1.83. The molecule has 1 atom stereocenters. The van der Waals surface area contributed by atoms with E-state index >= 15 is 0 Å². The Kier molecular flexibility index (Phi) is 13.5. The number of hydrogen-bond donors (Lipinski definition) is 2. The van der Waals surface area contributed by atoms with E-state index in [1.807, 2.05) is 26.0 Å². The lowest BCUT2D eigenvalue weighted by molar-refractivity contribution is 0.110. The molecule has 56 valence electrons. The molecule has 0 aliphatic heterocycles. The van der Waals surface area contributed by atoms with Crippen LogP contribution in [-0.2, 0) is 0 Å². The van der Waals surface area contributed by atoms with Crippen molar-refractivity contribution in [2.45, 2.75) is 26.9 Å². The van der Waals surface area contributed by atoms with Crippen molar-refractivity contribution in [1.82, 2.24) is 0 Å². The minimum Gasteiger partial charge on any atom is -0.394 e. The maximum Gasteiger partial charge on any atom is 0.0742 e. The van der Waals surface area contributed by atoms with Crippen LogP contribution in [0, 0.1) is 0 Å². The van der Waals surface area contributed by atoms with Crippen LogP contribution in [0.4, 0.5) is 0 Å². The zero-order valence-electron chi connectivity index (χ0n) is 6.33. The first kappa shape index (κ1) is 11.5. The van der Waals surface area contributed by atoms with E-state index < -0.39 is 6.10 Å². The lowest BCUT2D eigenvalue weighted by Gasteiger charge is -1.90. The Balaban J connectivity index is 0. The summed E-state index contributed by atoms with van der Waals surface area (Å²) >= 11 is 0. The number of aliphatic hydroxyl groups excluding tert-OH is 2. The third-order valence-electron chi connectivity index (χ3n) is 0.598. The predicted molar refractivity (Wildman–Crippen MR) is 39.3 cm³/mol. The number of hydrogen-bond acceptors (Lipinski definition) is 2. The van der Waals surface area contributed by atoms with E-state index in [2.05, 4.69) is 0 Å². The first-order valence-corrected chi connectivity index (χ1v) is 3.05. The van der Waals surface area contributed by atoms with Gasteiger partial charge >= 0.3 is 0 Å². The van der Waals surface area contributed by atoms with E-state index in [0.29, 0.717) is 0 Å². The Hall–Kier alpha value is -0.340. The molecule has 0 saturated carbocycles. The molecule has 2 heteroatoms. The average Bonchev–Trinajstić information content (AvgIpc) is 1.89. The van der Waals surface area contributed by atoms with Gasteiger partial charge in [-0.3, -0.25) is 0 Å². The molecule has 9 heavy (non-hydrogen) atoms. The van der Waals surface area contributed by atoms with Crippen LogP contribution in [-0.4, -0.2) is 22.9 Å². The van der Waals surface area contributed by atoms with E-state index in [1.54, 1.807) is 0 Å². The minimum atomic E-state index is -0.560. The molecule has 1 unspecified atom stereocenters. The first-order chi connectivity index (χ1) is 4.18. The summed E-state index contributed by atoms with van der Waals surface area (Å²) < 4.78 is 0. The summed E-state index contributed by atoms with van der Waals surface area (Å²) in [6, 6.07) is 0. The van der Waals surface area contributed by atoms with Crippen LogP contribution in [0.1, 0.15) is 20.8 Å². The molecule has 2 N–H and O–H groups in total. The average molecular weight is 132 g/mol. The summed E-state index contributed by atoms with van der Waals surface area (Å²) in [4.78, 5) is 0. The van der Waals surface area contributed by atoms with Gasteiger partial charge < -0.3 is 10.2 Å². The summed E-state index contributed by atoms with van der Waals surface area (Å²) in [5.41, 5.74) is 0. The normalized spacial score (nSPS) is 12.6. The smallest absolute Gasteiger partial charge is 0.0742 e. The first-order valence-electron chi connectivity index (χ1n) is 3.05. The molecule has 0 aliphatic carbocycles. The fraction of sp³-hybridized carbons (Fsp3) is 0.714. The van der Waals surface area contributed by atoms with Gasteiger partial charge in [-0.1, -0.05) is 12.2 Å². The zero-order chi connectivity index (χ0) is 7.70. The molecule has 0 heterocycles. The van der Waals surface area contributed by atoms with Gasteiger partial charge in [0.25, 0.3) is 0 Å². The molecule has 0 aromatic heterocycles. The Labute approximate surface area is 56.8 Å². The third-order valence-corrected chi connectivity index (χ3v) is 0.598. The van der Waals surface area contributed by atoms with Gasteiger partial charge in [0.05, 0.1) is 12.7 Å². The van der Waals surface area contributed by atoms with Gasteiger partial charge in [-0.2, -0.15) is 0 Å². The molecule has 0 amide bonds. The van der Waals surface area contributed by atoms with Crippen molar-refractivity contribution < 1.29 is 10.2 Å². The van der Waals surface area contributed by atoms with Crippen molar-refractivity contribution in [3.05, 3.63) is 12.2 Å². The fourth-order valence-corrected chi connectivity index (χ4v) is 0. The topological polar surface area (TPSA) is 40.5 Å². The van der Waals surface area contributed by atoms with Crippen LogP contribution in [0.25, 0.3) is 0 Å². The summed E-state index contributed by atoms with van der Waals surface area (Å²) in [6.45, 7) is 5.39. The van der Waals surface area contributed by atoms with Crippen LogP contribution < -0.4 is 0 Å². The molecule has 0 aromatic rings. The molecular formula is C7H16O2. The van der Waals surface area contributed by atoms with E-state index in [0.717, 1.165) is 0 Å². The van der Waals surface area contributed by atoms with Crippen LogP contribution in [0.15, 0.2) is 12.2 Å². The Morgan fingerprint density at radius 1 is 1.33 bits per heavy atom. The summed E-state index contributed by atoms with van der Waals surface area (Å²) in [5.74, 6) is 0. The molecule has 0 aromatic carbocycles. The van der Waals surface area contributed by atoms with Crippen LogP contribution in [0.5, 0.6) is 0 Å². The van der Waals surface area contributed by atoms with Gasteiger partial charge in [0.2, 0.25) is 0 Å². The predicted octanol–water partition coefficient (Wildman–Crippen LogP) is 0.942. The standard InChI is InChI=1S/C4H8.C3H8O2/c1-3-4-2;1-3(5)2-4/h3-4H,1-2H3;3-5H,2H2,1H3. The van der Waals surface area contributed by atoms with Crippen molar-refractivity contribution in [3.63, 3.8) is 0 Å². The third kappa shape index (κ3) is 34.7. The van der Waals surface area contributed by atoms with Gasteiger partial charge in [0, 0.05) is 0 Å². The lowest BCUT2D eigenvalue weighted by Crippen LogP contribution is -2.03. The Morgan fingerprint density at radius 2 is 1.56 bits per heavy atom. The molecule has 0 radical (unpaired) electrons. The maximum absolute atomic E-state index is 8.11. The molecule has 2 nitrogen and oxygen atoms in total. The highest BCUT2D eigenvalue weighted by atomic mass is 16.3.